The predicted octanol–water partition coefficient (Wildman–Crippen LogP) is 2.71. The van der Waals surface area contributed by atoms with Gasteiger partial charge >= 0.3 is 0 Å². The van der Waals surface area contributed by atoms with E-state index in [2.05, 4.69) is 4.99 Å². The molecule has 0 saturated heterocycles. The Kier molecular flexibility index (Phi) is 4.41. The van der Waals surface area contributed by atoms with E-state index in [-0.39, 0.29) is 0 Å². The Labute approximate surface area is 171 Å². The fraction of sp³-hybridized carbons (Fsp3) is 0.150. The second-order valence-electron chi connectivity index (χ2n) is 6.85. The van der Waals surface area contributed by atoms with Gasteiger partial charge < -0.3 is 10.2 Å². The van der Waals surface area contributed by atoms with Crippen LogP contribution in [-0.2, 0) is 0 Å². The van der Waals surface area contributed by atoms with E-state index in [0.717, 1.165) is 24.3 Å². The summed E-state index contributed by atoms with van der Waals surface area (Å²) >= 11 is 0. The van der Waals surface area contributed by atoms with Crippen molar-refractivity contribution in [2.75, 3.05) is 0 Å². The number of aliphatic hydroxyl groups is 2. The van der Waals surface area contributed by atoms with Gasteiger partial charge in [0.1, 0.15) is 11.4 Å². The summed E-state index contributed by atoms with van der Waals surface area (Å²) < 4.78 is 45.6. The maximum atomic E-state index is 15.5. The van der Waals surface area contributed by atoms with Crippen LogP contribution in [0.1, 0.15) is 20.7 Å². The molecule has 3 atom stereocenters. The highest BCUT2D eigenvalue weighted by atomic mass is 19.2. The van der Waals surface area contributed by atoms with E-state index < -0.39 is 73.7 Å². The molecule has 0 heterocycles. The Morgan fingerprint density at radius 2 is 1.45 bits per heavy atom. The highest BCUT2D eigenvalue weighted by Gasteiger charge is 2.65. The minimum atomic E-state index is -4.24. The number of nitrogens with zero attached hydrogens (tertiary/aromatic N) is 2. The highest BCUT2D eigenvalue weighted by molar-refractivity contribution is 6.31. The number of para-hydroxylation sites is 2. The molecule has 0 spiro atoms. The molecule has 2 aromatic rings. The van der Waals surface area contributed by atoms with Crippen LogP contribution in [-0.4, -0.2) is 50.3 Å². The Morgan fingerprint density at radius 1 is 0.935 bits per heavy atom. The van der Waals surface area contributed by atoms with E-state index in [9.17, 15) is 34.3 Å². The van der Waals surface area contributed by atoms with Crippen LogP contribution in [0.25, 0.3) is 0 Å². The summed E-state index contributed by atoms with van der Waals surface area (Å²) in [5, 5.41) is 31.7. The van der Waals surface area contributed by atoms with Crippen molar-refractivity contribution in [3.63, 3.8) is 0 Å². The molecule has 2 aliphatic rings. The number of fused-ring (bicyclic) bond motifs is 1. The zero-order chi connectivity index (χ0) is 22.7. The molecule has 0 saturated carbocycles. The van der Waals surface area contributed by atoms with Crippen molar-refractivity contribution in [2.45, 2.75) is 17.9 Å². The van der Waals surface area contributed by atoms with Crippen LogP contribution in [0.15, 0.2) is 64.7 Å². The number of carbonyl (C=O) groups is 2. The lowest BCUT2D eigenvalue weighted by Crippen LogP contribution is -2.60. The van der Waals surface area contributed by atoms with Gasteiger partial charge in [-0.2, -0.15) is 4.39 Å². The number of hydrogen-bond donors (Lipinski definition) is 2. The van der Waals surface area contributed by atoms with Gasteiger partial charge in [0.05, 0.1) is 16.1 Å². The summed E-state index contributed by atoms with van der Waals surface area (Å²) in [7, 11) is 0. The molecule has 31 heavy (non-hydrogen) atoms. The number of Topliss-reactive ketones (excluding diaryl/α,β-unsaturated/α-hetero) is 2. The van der Waals surface area contributed by atoms with E-state index in [1.54, 1.807) is 0 Å². The molecule has 0 amide bonds. The fourth-order valence-electron chi connectivity index (χ4n) is 3.60. The third-order valence-electron chi connectivity index (χ3n) is 5.04. The van der Waals surface area contributed by atoms with Gasteiger partial charge in [-0.05, 0) is 6.07 Å². The molecule has 3 unspecified atom stereocenters. The van der Waals surface area contributed by atoms with Crippen LogP contribution in [0.5, 0.6) is 0 Å². The quantitative estimate of drug-likeness (QED) is 0.554. The molecule has 0 fully saturated rings. The molecule has 0 aromatic heterocycles. The number of hydrogen-bond acceptors (Lipinski definition) is 7. The van der Waals surface area contributed by atoms with Crippen LogP contribution in [0, 0.1) is 10.1 Å². The first kappa shape index (κ1) is 20.6. The summed E-state index contributed by atoms with van der Waals surface area (Å²) in [6.45, 7) is 0. The van der Waals surface area contributed by atoms with E-state index in [0.29, 0.717) is 0 Å². The number of halogens is 3. The standard InChI is InChI=1S/C20H11F3N2O6/c21-17-18(24-11-7-3-4-8-12(11)25(30)31)20(23,29)14-13(19(17,22)28)15(26)9-5-1-2-6-10(9)16(14)27/h1-8,17,28-29H. The number of ketones is 2. The van der Waals surface area contributed by atoms with Gasteiger partial charge in [0, 0.05) is 17.2 Å². The summed E-state index contributed by atoms with van der Waals surface area (Å²) in [6, 6.07) is 9.16. The molecule has 11 heteroatoms. The lowest BCUT2D eigenvalue weighted by Gasteiger charge is -2.40. The minimum absolute atomic E-state index is 0.402. The average Bonchev–Trinajstić information content (AvgIpc) is 2.72. The first-order chi connectivity index (χ1) is 14.5. The number of benzene rings is 2. The normalized spacial score (nSPS) is 29.1. The Balaban J connectivity index is 2.00. The fourth-order valence-corrected chi connectivity index (χ4v) is 3.60. The van der Waals surface area contributed by atoms with E-state index >= 15 is 8.78 Å². The van der Waals surface area contributed by atoms with Gasteiger partial charge in [0.25, 0.3) is 17.4 Å². The van der Waals surface area contributed by atoms with Gasteiger partial charge in [0.2, 0.25) is 6.17 Å². The van der Waals surface area contributed by atoms with Crippen LogP contribution in [0.3, 0.4) is 0 Å². The summed E-state index contributed by atoms with van der Waals surface area (Å²) in [6.07, 6.45) is -3.46. The SMILES string of the molecule is O=C1C2=C(C(=O)c3ccccc31)C(O)(F)C(F)C(=Nc1ccccc1[N+](=O)[O-])C2(O)F. The average molecular weight is 432 g/mol. The predicted molar refractivity (Wildman–Crippen MR) is 99.3 cm³/mol. The van der Waals surface area contributed by atoms with Crippen LogP contribution in [0.4, 0.5) is 24.5 Å². The molecule has 4 rings (SSSR count). The molecular formula is C20H11F3N2O6. The summed E-state index contributed by atoms with van der Waals surface area (Å²) in [5.41, 5.74) is -7.09. The van der Waals surface area contributed by atoms with Crippen molar-refractivity contribution in [2.24, 2.45) is 4.99 Å². The van der Waals surface area contributed by atoms with Crippen molar-refractivity contribution < 1.29 is 37.9 Å². The number of alkyl halides is 3. The molecule has 8 nitrogen and oxygen atoms in total. The first-order valence-electron chi connectivity index (χ1n) is 8.72. The molecule has 0 aliphatic heterocycles. The van der Waals surface area contributed by atoms with Crippen LogP contribution in [0.2, 0.25) is 0 Å². The third-order valence-corrected chi connectivity index (χ3v) is 5.04. The maximum absolute atomic E-state index is 15.5. The number of nitro groups is 1. The van der Waals surface area contributed by atoms with Gasteiger partial charge in [-0.1, -0.05) is 36.4 Å². The number of carbonyl (C=O) groups excluding carboxylic acids is 2. The first-order valence-corrected chi connectivity index (χ1v) is 8.72. The number of aliphatic imine (C=N–C) groups is 1. The Hall–Kier alpha value is -3.70. The van der Waals surface area contributed by atoms with Gasteiger partial charge in [-0.15, -0.1) is 0 Å². The molecule has 2 aromatic carbocycles. The summed E-state index contributed by atoms with van der Waals surface area (Å²) in [4.78, 5) is 39.0. The topological polar surface area (TPSA) is 130 Å². The number of nitro benzene ring substituents is 1. The molecule has 0 bridgehead atoms. The van der Waals surface area contributed by atoms with Gasteiger partial charge in [-0.25, -0.2) is 13.8 Å². The molecular weight excluding hydrogens is 421 g/mol. The Morgan fingerprint density at radius 3 is 2.03 bits per heavy atom. The van der Waals surface area contributed by atoms with Crippen LogP contribution >= 0.6 is 0 Å². The van der Waals surface area contributed by atoms with E-state index in [1.165, 1.54) is 24.3 Å². The summed E-state index contributed by atoms with van der Waals surface area (Å²) in [5.74, 6) is -11.1. The second-order valence-corrected chi connectivity index (χ2v) is 6.85. The zero-order valence-electron chi connectivity index (χ0n) is 15.3. The monoisotopic (exact) mass is 432 g/mol. The van der Waals surface area contributed by atoms with Gasteiger partial charge in [-0.3, -0.25) is 19.7 Å². The van der Waals surface area contributed by atoms with E-state index in [4.69, 9.17) is 0 Å². The zero-order valence-corrected chi connectivity index (χ0v) is 15.3. The lowest BCUT2D eigenvalue weighted by atomic mass is 9.71. The van der Waals surface area contributed by atoms with Crippen molar-refractivity contribution >= 4 is 28.7 Å². The van der Waals surface area contributed by atoms with Crippen molar-refractivity contribution in [1.82, 2.24) is 0 Å². The van der Waals surface area contributed by atoms with Crippen molar-refractivity contribution in [3.8, 4) is 0 Å². The maximum Gasteiger partial charge on any atom is 0.294 e. The highest BCUT2D eigenvalue weighted by Crippen LogP contribution is 2.47. The smallest absolute Gasteiger partial charge is 0.294 e. The third kappa shape index (κ3) is 2.81. The molecule has 2 aliphatic carbocycles. The largest absolute Gasteiger partial charge is 0.355 e. The second kappa shape index (κ2) is 6.65. The molecule has 158 valence electrons. The molecule has 2 N–H and O–H groups in total. The minimum Gasteiger partial charge on any atom is -0.355 e. The Bertz CT molecular complexity index is 1230. The van der Waals surface area contributed by atoms with Crippen molar-refractivity contribution in [1.29, 1.82) is 0 Å². The van der Waals surface area contributed by atoms with Gasteiger partial charge in [0.15, 0.2) is 11.6 Å². The van der Waals surface area contributed by atoms with Crippen molar-refractivity contribution in [3.05, 3.63) is 80.9 Å². The lowest BCUT2D eigenvalue weighted by molar-refractivity contribution is -0.384. The van der Waals surface area contributed by atoms with Crippen LogP contribution < -0.4 is 0 Å². The molecule has 0 radical (unpaired) electrons. The van der Waals surface area contributed by atoms with E-state index in [1.807, 2.05) is 0 Å². The number of rotatable bonds is 2.